The van der Waals surface area contributed by atoms with E-state index in [-0.39, 0.29) is 36.5 Å². The van der Waals surface area contributed by atoms with Gasteiger partial charge in [0.05, 0.1) is 25.0 Å². The maximum atomic E-state index is 13.2. The molecule has 13 heteroatoms. The number of nitrogens with one attached hydrogen (secondary N) is 1. The topological polar surface area (TPSA) is 167 Å². The standard InChI is InChI=1S/C23H36N8O4S/c1-29-11-12-31(22(35)17(29)14-19(33)30-9-3-2-4-10-30)15-18(32)28-16(6-5-7-27-23(24)25)20(34)21-26-8-13-36-21/h8,13,16-17H,2-7,9-12,14-15H2,1H3,(H,28,32)(H4,24,25,27)/t16-,17-/m0/s1. The van der Waals surface area contributed by atoms with Gasteiger partial charge in [-0.15, -0.1) is 11.3 Å². The van der Waals surface area contributed by atoms with Crippen molar-refractivity contribution in [2.75, 3.05) is 46.3 Å². The lowest BCUT2D eigenvalue weighted by Crippen LogP contribution is -2.59. The zero-order valence-corrected chi connectivity index (χ0v) is 21.5. The van der Waals surface area contributed by atoms with Crippen LogP contribution in [0.2, 0.25) is 0 Å². The lowest BCUT2D eigenvalue weighted by atomic mass is 10.0. The number of piperidine rings is 1. The van der Waals surface area contributed by atoms with E-state index in [2.05, 4.69) is 15.3 Å². The highest BCUT2D eigenvalue weighted by Crippen LogP contribution is 2.17. The summed E-state index contributed by atoms with van der Waals surface area (Å²) in [5, 5.41) is 4.76. The average Bonchev–Trinajstić information content (AvgIpc) is 3.40. The fourth-order valence-corrected chi connectivity index (χ4v) is 5.09. The molecular weight excluding hydrogens is 484 g/mol. The van der Waals surface area contributed by atoms with Crippen LogP contribution in [0.15, 0.2) is 16.6 Å². The van der Waals surface area contributed by atoms with Gasteiger partial charge < -0.3 is 26.6 Å². The van der Waals surface area contributed by atoms with Crippen molar-refractivity contribution in [1.29, 1.82) is 0 Å². The van der Waals surface area contributed by atoms with Crippen LogP contribution in [0, 0.1) is 0 Å². The number of aliphatic imine (C=N–C) groups is 1. The number of nitrogens with two attached hydrogens (primary N) is 2. The Hall–Kier alpha value is -3.06. The van der Waals surface area contributed by atoms with Crippen LogP contribution in [0.3, 0.4) is 0 Å². The van der Waals surface area contributed by atoms with Crippen LogP contribution in [-0.4, -0.2) is 108 Å². The van der Waals surface area contributed by atoms with Crippen LogP contribution in [0.5, 0.6) is 0 Å². The first-order valence-corrected chi connectivity index (χ1v) is 13.2. The van der Waals surface area contributed by atoms with E-state index in [1.54, 1.807) is 5.38 Å². The molecule has 0 radical (unpaired) electrons. The number of likely N-dealkylation sites (N-methyl/N-ethyl adjacent to an activating group) is 1. The molecule has 36 heavy (non-hydrogen) atoms. The smallest absolute Gasteiger partial charge is 0.240 e. The van der Waals surface area contributed by atoms with Crippen molar-refractivity contribution in [2.24, 2.45) is 16.5 Å². The highest BCUT2D eigenvalue weighted by molar-refractivity contribution is 7.11. The Balaban J connectivity index is 1.59. The van der Waals surface area contributed by atoms with Crippen molar-refractivity contribution in [3.63, 3.8) is 0 Å². The SMILES string of the molecule is CN1CCN(CC(=O)N[C@@H](CCCN=C(N)N)C(=O)c2nccs2)C(=O)[C@@H]1CC(=O)N1CCCCC1. The van der Waals surface area contributed by atoms with Crippen LogP contribution < -0.4 is 16.8 Å². The van der Waals surface area contributed by atoms with Crippen molar-refractivity contribution < 1.29 is 19.2 Å². The minimum Gasteiger partial charge on any atom is -0.370 e. The molecule has 12 nitrogen and oxygen atoms in total. The predicted octanol–water partition coefficient (Wildman–Crippen LogP) is -0.591. The van der Waals surface area contributed by atoms with Crippen molar-refractivity contribution in [1.82, 2.24) is 25.0 Å². The number of carbonyl (C=O) groups excluding carboxylic acids is 4. The first-order chi connectivity index (χ1) is 17.3. The molecule has 2 aliphatic rings. The van der Waals surface area contributed by atoms with Gasteiger partial charge in [0.1, 0.15) is 0 Å². The van der Waals surface area contributed by atoms with E-state index in [1.807, 2.05) is 16.8 Å². The van der Waals surface area contributed by atoms with Crippen LogP contribution in [0.4, 0.5) is 0 Å². The molecule has 0 aromatic carbocycles. The highest BCUT2D eigenvalue weighted by Gasteiger charge is 2.36. The minimum absolute atomic E-state index is 0.0268. The summed E-state index contributed by atoms with van der Waals surface area (Å²) in [7, 11) is 1.82. The second-order valence-electron chi connectivity index (χ2n) is 9.17. The fraction of sp³-hybridized carbons (Fsp3) is 0.652. The summed E-state index contributed by atoms with van der Waals surface area (Å²) in [6.45, 7) is 2.52. The van der Waals surface area contributed by atoms with Gasteiger partial charge in [0.15, 0.2) is 11.0 Å². The average molecular weight is 521 g/mol. The lowest BCUT2D eigenvalue weighted by Gasteiger charge is -2.39. The van der Waals surface area contributed by atoms with Gasteiger partial charge in [-0.3, -0.25) is 29.1 Å². The van der Waals surface area contributed by atoms with E-state index in [0.717, 1.165) is 32.4 Å². The number of piperazine rings is 1. The van der Waals surface area contributed by atoms with Gasteiger partial charge in [-0.25, -0.2) is 4.98 Å². The Morgan fingerprint density at radius 2 is 1.94 bits per heavy atom. The quantitative estimate of drug-likeness (QED) is 0.151. The van der Waals surface area contributed by atoms with E-state index < -0.39 is 18.0 Å². The van der Waals surface area contributed by atoms with Gasteiger partial charge in [-0.1, -0.05) is 0 Å². The number of hydrogen-bond acceptors (Lipinski definition) is 8. The number of carbonyl (C=O) groups is 4. The monoisotopic (exact) mass is 520 g/mol. The highest BCUT2D eigenvalue weighted by atomic mass is 32.1. The summed E-state index contributed by atoms with van der Waals surface area (Å²) in [4.78, 5) is 64.9. The molecule has 0 spiro atoms. The number of rotatable bonds is 11. The summed E-state index contributed by atoms with van der Waals surface area (Å²) in [6.07, 6.45) is 5.53. The second kappa shape index (κ2) is 13.3. The number of thiazole rings is 1. The number of hydrogen-bond donors (Lipinski definition) is 3. The van der Waals surface area contributed by atoms with E-state index in [4.69, 9.17) is 11.5 Å². The second-order valence-corrected chi connectivity index (χ2v) is 10.1. The van der Waals surface area contributed by atoms with Gasteiger partial charge in [-0.2, -0.15) is 0 Å². The zero-order valence-electron chi connectivity index (χ0n) is 20.7. The van der Waals surface area contributed by atoms with Gasteiger partial charge >= 0.3 is 0 Å². The molecule has 2 atom stereocenters. The Labute approximate surface area is 215 Å². The van der Waals surface area contributed by atoms with Crippen LogP contribution in [0.25, 0.3) is 0 Å². The van der Waals surface area contributed by atoms with Gasteiger partial charge in [0.2, 0.25) is 23.5 Å². The fourth-order valence-electron chi connectivity index (χ4n) is 4.46. The summed E-state index contributed by atoms with van der Waals surface area (Å²) in [6, 6.07) is -1.41. The third kappa shape index (κ3) is 7.72. The molecule has 0 bridgehead atoms. The molecule has 2 aliphatic heterocycles. The summed E-state index contributed by atoms with van der Waals surface area (Å²) in [5.41, 5.74) is 10.7. The number of ketones is 1. The Kier molecular flexibility index (Phi) is 10.2. The maximum Gasteiger partial charge on any atom is 0.240 e. The number of amides is 3. The summed E-state index contributed by atoms with van der Waals surface area (Å²) < 4.78 is 0. The van der Waals surface area contributed by atoms with Crippen molar-refractivity contribution in [2.45, 2.75) is 50.6 Å². The molecule has 198 valence electrons. The number of nitrogens with zero attached hydrogens (tertiary/aromatic N) is 5. The molecule has 1 aromatic rings. The summed E-state index contributed by atoms with van der Waals surface area (Å²) >= 11 is 1.20. The molecule has 3 amide bonds. The Morgan fingerprint density at radius 1 is 1.19 bits per heavy atom. The van der Waals surface area contributed by atoms with Crippen molar-refractivity contribution in [3.8, 4) is 0 Å². The van der Waals surface area contributed by atoms with Crippen molar-refractivity contribution in [3.05, 3.63) is 16.6 Å². The third-order valence-corrected chi connectivity index (χ3v) is 7.29. The molecule has 2 saturated heterocycles. The largest absolute Gasteiger partial charge is 0.370 e. The van der Waals surface area contributed by atoms with E-state index >= 15 is 0 Å². The minimum atomic E-state index is -0.808. The van der Waals surface area contributed by atoms with Gasteiger partial charge in [-0.05, 0) is 39.2 Å². The first kappa shape index (κ1) is 27.5. The molecular formula is C23H36N8O4S. The molecule has 2 fully saturated rings. The van der Waals surface area contributed by atoms with E-state index in [0.29, 0.717) is 37.5 Å². The Morgan fingerprint density at radius 3 is 2.61 bits per heavy atom. The first-order valence-electron chi connectivity index (χ1n) is 12.3. The van der Waals surface area contributed by atoms with E-state index in [1.165, 1.54) is 22.4 Å². The van der Waals surface area contributed by atoms with Crippen molar-refractivity contribution >= 4 is 40.8 Å². The summed E-state index contributed by atoms with van der Waals surface area (Å²) in [5.74, 6) is -1.05. The lowest BCUT2D eigenvalue weighted by molar-refractivity contribution is -0.148. The molecule has 5 N–H and O–H groups in total. The normalized spacial score (nSPS) is 19.6. The third-order valence-electron chi connectivity index (χ3n) is 6.50. The van der Waals surface area contributed by atoms with E-state index in [9.17, 15) is 19.2 Å². The number of Topliss-reactive ketones (excluding diaryl/α,β-unsaturated/α-hetero) is 1. The molecule has 1 aromatic heterocycles. The molecule has 0 unspecified atom stereocenters. The van der Waals surface area contributed by atoms with Gasteiger partial charge in [0, 0.05) is 44.3 Å². The molecule has 3 heterocycles. The van der Waals surface area contributed by atoms with Crippen LogP contribution >= 0.6 is 11.3 Å². The number of guanidine groups is 1. The maximum absolute atomic E-state index is 13.2. The van der Waals surface area contributed by atoms with Crippen LogP contribution in [0.1, 0.15) is 48.3 Å². The molecule has 0 aliphatic carbocycles. The number of likely N-dealkylation sites (tertiary alicyclic amines) is 1. The molecule has 0 saturated carbocycles. The zero-order chi connectivity index (χ0) is 26.1. The number of aromatic nitrogens is 1. The predicted molar refractivity (Wildman–Crippen MR) is 136 cm³/mol. The van der Waals surface area contributed by atoms with Gasteiger partial charge in [0.25, 0.3) is 0 Å². The Bertz CT molecular complexity index is 944. The van der Waals surface area contributed by atoms with Crippen LogP contribution in [-0.2, 0) is 14.4 Å². The molecule has 3 rings (SSSR count).